The summed E-state index contributed by atoms with van der Waals surface area (Å²) in [4.78, 5) is 10.5. The molecule has 0 bridgehead atoms. The molecular weight excluding hydrogens is 248 g/mol. The molecule has 72 valence electrons. The Morgan fingerprint density at radius 3 is 2.93 bits per heavy atom. The third kappa shape index (κ3) is 1.50. The van der Waals surface area contributed by atoms with Crippen molar-refractivity contribution in [1.82, 2.24) is 9.78 Å². The number of fused-ring (bicyclic) bond motifs is 1. The van der Waals surface area contributed by atoms with E-state index in [1.165, 1.54) is 4.68 Å². The van der Waals surface area contributed by atoms with Crippen molar-refractivity contribution in [2.45, 2.75) is 6.54 Å². The number of para-hydroxylation sites is 1. The highest BCUT2D eigenvalue weighted by atomic mass is 79.9. The second-order valence-corrected chi connectivity index (χ2v) is 3.61. The number of carbonyl (C=O) groups is 1. The molecule has 1 aromatic carbocycles. The van der Waals surface area contributed by atoms with E-state index < -0.39 is 5.97 Å². The van der Waals surface area contributed by atoms with Crippen molar-refractivity contribution in [3.05, 3.63) is 28.9 Å². The molecule has 0 aliphatic heterocycles. The first-order valence-corrected chi connectivity index (χ1v) is 4.80. The van der Waals surface area contributed by atoms with Crippen molar-refractivity contribution >= 4 is 32.8 Å². The predicted octanol–water partition coefficient (Wildman–Crippen LogP) is 1.88. The molecule has 1 heterocycles. The van der Waals surface area contributed by atoms with Crippen LogP contribution in [0.4, 0.5) is 0 Å². The van der Waals surface area contributed by atoms with Gasteiger partial charge >= 0.3 is 5.97 Å². The number of rotatable bonds is 2. The number of benzene rings is 1. The highest BCUT2D eigenvalue weighted by Gasteiger charge is 2.09. The van der Waals surface area contributed by atoms with Crippen LogP contribution in [-0.4, -0.2) is 20.9 Å². The van der Waals surface area contributed by atoms with Crippen molar-refractivity contribution in [3.8, 4) is 0 Å². The van der Waals surface area contributed by atoms with Gasteiger partial charge in [-0.05, 0) is 22.0 Å². The Morgan fingerprint density at radius 1 is 1.50 bits per heavy atom. The Labute approximate surface area is 88.3 Å². The number of halogens is 1. The van der Waals surface area contributed by atoms with Gasteiger partial charge in [-0.1, -0.05) is 18.2 Å². The van der Waals surface area contributed by atoms with Crippen molar-refractivity contribution in [1.29, 1.82) is 0 Å². The SMILES string of the molecule is O=C(O)Cn1nc(Br)c2ccccc21. The van der Waals surface area contributed by atoms with E-state index in [4.69, 9.17) is 5.11 Å². The van der Waals surface area contributed by atoms with E-state index in [1.54, 1.807) is 0 Å². The molecule has 2 rings (SSSR count). The molecule has 0 saturated carbocycles. The summed E-state index contributed by atoms with van der Waals surface area (Å²) in [6.07, 6.45) is 0. The highest BCUT2D eigenvalue weighted by Crippen LogP contribution is 2.22. The van der Waals surface area contributed by atoms with E-state index in [0.29, 0.717) is 4.60 Å². The van der Waals surface area contributed by atoms with Crippen LogP contribution in [-0.2, 0) is 11.3 Å². The maximum absolute atomic E-state index is 10.5. The number of aliphatic carboxylic acids is 1. The molecule has 0 spiro atoms. The van der Waals surface area contributed by atoms with Crippen LogP contribution in [0.2, 0.25) is 0 Å². The smallest absolute Gasteiger partial charge is 0.325 e. The molecule has 2 aromatic rings. The topological polar surface area (TPSA) is 55.1 Å². The van der Waals surface area contributed by atoms with Crippen LogP contribution < -0.4 is 0 Å². The van der Waals surface area contributed by atoms with Gasteiger partial charge in [0, 0.05) is 5.39 Å². The lowest BCUT2D eigenvalue weighted by Gasteiger charge is -1.97. The van der Waals surface area contributed by atoms with E-state index in [1.807, 2.05) is 24.3 Å². The predicted molar refractivity (Wildman–Crippen MR) is 55.1 cm³/mol. The van der Waals surface area contributed by atoms with Crippen LogP contribution in [0.5, 0.6) is 0 Å². The largest absolute Gasteiger partial charge is 0.480 e. The van der Waals surface area contributed by atoms with E-state index in [2.05, 4.69) is 21.0 Å². The Bertz CT molecular complexity index is 493. The Hall–Kier alpha value is -1.36. The first kappa shape index (κ1) is 9.21. The molecule has 0 atom stereocenters. The molecule has 0 amide bonds. The van der Waals surface area contributed by atoms with Crippen LogP contribution in [0, 0.1) is 0 Å². The first-order chi connectivity index (χ1) is 6.68. The molecule has 0 aliphatic rings. The lowest BCUT2D eigenvalue weighted by molar-refractivity contribution is -0.137. The summed E-state index contributed by atoms with van der Waals surface area (Å²) in [5.74, 6) is -0.897. The van der Waals surface area contributed by atoms with Gasteiger partial charge in [-0.25, -0.2) is 0 Å². The maximum atomic E-state index is 10.5. The monoisotopic (exact) mass is 254 g/mol. The lowest BCUT2D eigenvalue weighted by atomic mass is 10.2. The lowest BCUT2D eigenvalue weighted by Crippen LogP contribution is -2.09. The van der Waals surface area contributed by atoms with Crippen molar-refractivity contribution in [3.63, 3.8) is 0 Å². The van der Waals surface area contributed by atoms with E-state index in [9.17, 15) is 4.79 Å². The fourth-order valence-electron chi connectivity index (χ4n) is 1.34. The minimum atomic E-state index is -0.897. The minimum Gasteiger partial charge on any atom is -0.480 e. The summed E-state index contributed by atoms with van der Waals surface area (Å²) in [6.45, 7) is -0.119. The van der Waals surface area contributed by atoms with E-state index >= 15 is 0 Å². The van der Waals surface area contributed by atoms with Gasteiger partial charge in [0.2, 0.25) is 0 Å². The number of carboxylic acid groups (broad SMARTS) is 1. The van der Waals surface area contributed by atoms with Gasteiger partial charge in [-0.15, -0.1) is 0 Å². The third-order valence-corrected chi connectivity index (χ3v) is 2.48. The average Bonchev–Trinajstić information content (AvgIpc) is 2.44. The number of hydrogen-bond donors (Lipinski definition) is 1. The maximum Gasteiger partial charge on any atom is 0.325 e. The molecule has 0 unspecified atom stereocenters. The molecule has 0 fully saturated rings. The highest BCUT2D eigenvalue weighted by molar-refractivity contribution is 9.10. The van der Waals surface area contributed by atoms with Gasteiger partial charge < -0.3 is 5.11 Å². The van der Waals surface area contributed by atoms with Gasteiger partial charge in [-0.3, -0.25) is 9.48 Å². The van der Waals surface area contributed by atoms with E-state index in [-0.39, 0.29) is 6.54 Å². The van der Waals surface area contributed by atoms with Crippen LogP contribution in [0.25, 0.3) is 10.9 Å². The zero-order chi connectivity index (χ0) is 10.1. The first-order valence-electron chi connectivity index (χ1n) is 4.01. The Balaban J connectivity index is 2.60. The van der Waals surface area contributed by atoms with Gasteiger partial charge in [0.25, 0.3) is 0 Å². The second kappa shape index (κ2) is 3.42. The second-order valence-electron chi connectivity index (χ2n) is 2.86. The fraction of sp³-hybridized carbons (Fsp3) is 0.111. The van der Waals surface area contributed by atoms with Gasteiger partial charge in [0.1, 0.15) is 11.1 Å². The molecule has 5 heteroatoms. The minimum absolute atomic E-state index is 0.119. The summed E-state index contributed by atoms with van der Waals surface area (Å²) in [5.41, 5.74) is 0.821. The molecule has 1 N–H and O–H groups in total. The van der Waals surface area contributed by atoms with E-state index in [0.717, 1.165) is 10.9 Å². The van der Waals surface area contributed by atoms with Gasteiger partial charge in [0.05, 0.1) is 5.52 Å². The quantitative estimate of drug-likeness (QED) is 0.891. The van der Waals surface area contributed by atoms with Crippen LogP contribution in [0.3, 0.4) is 0 Å². The molecule has 1 aromatic heterocycles. The summed E-state index contributed by atoms with van der Waals surface area (Å²) in [6, 6.07) is 7.48. The molecular formula is C9H7BrN2O2. The standard InChI is InChI=1S/C9H7BrN2O2/c10-9-6-3-1-2-4-7(6)12(11-9)5-8(13)14/h1-4H,5H2,(H,13,14). The summed E-state index contributed by atoms with van der Waals surface area (Å²) >= 11 is 3.28. The summed E-state index contributed by atoms with van der Waals surface area (Å²) in [7, 11) is 0. The normalized spacial score (nSPS) is 10.6. The number of nitrogens with zero attached hydrogens (tertiary/aromatic N) is 2. The summed E-state index contributed by atoms with van der Waals surface area (Å²) in [5, 5.41) is 13.7. The summed E-state index contributed by atoms with van der Waals surface area (Å²) < 4.78 is 2.14. The number of carboxylic acids is 1. The van der Waals surface area contributed by atoms with Crippen LogP contribution in [0.15, 0.2) is 28.9 Å². The average molecular weight is 255 g/mol. The van der Waals surface area contributed by atoms with Gasteiger partial charge in [0.15, 0.2) is 0 Å². The number of aromatic nitrogens is 2. The zero-order valence-corrected chi connectivity index (χ0v) is 8.73. The molecule has 14 heavy (non-hydrogen) atoms. The Morgan fingerprint density at radius 2 is 2.21 bits per heavy atom. The van der Waals surface area contributed by atoms with Gasteiger partial charge in [-0.2, -0.15) is 5.10 Å². The fourth-order valence-corrected chi connectivity index (χ4v) is 1.86. The Kier molecular flexibility index (Phi) is 2.25. The van der Waals surface area contributed by atoms with Crippen molar-refractivity contribution < 1.29 is 9.90 Å². The van der Waals surface area contributed by atoms with Crippen LogP contribution in [0.1, 0.15) is 0 Å². The number of hydrogen-bond acceptors (Lipinski definition) is 2. The van der Waals surface area contributed by atoms with Crippen LogP contribution >= 0.6 is 15.9 Å². The molecule has 0 aliphatic carbocycles. The molecule has 0 radical (unpaired) electrons. The zero-order valence-electron chi connectivity index (χ0n) is 7.14. The molecule has 4 nitrogen and oxygen atoms in total. The van der Waals surface area contributed by atoms with Crippen molar-refractivity contribution in [2.75, 3.05) is 0 Å². The third-order valence-electron chi connectivity index (χ3n) is 1.90. The van der Waals surface area contributed by atoms with Crippen molar-refractivity contribution in [2.24, 2.45) is 0 Å². The molecule has 0 saturated heterocycles.